The molecule has 0 aliphatic heterocycles. The van der Waals surface area contributed by atoms with Gasteiger partial charge in [-0.1, -0.05) is 279 Å². The second-order valence-corrected chi connectivity index (χ2v) is 26.2. The monoisotopic (exact) mass is 1270 g/mol. The normalized spacial score (nSPS) is 11.9. The van der Waals surface area contributed by atoms with Gasteiger partial charge in [0.25, 0.3) is 0 Å². The van der Waals surface area contributed by atoms with E-state index in [1.54, 1.807) is 0 Å². The lowest BCUT2D eigenvalue weighted by Crippen LogP contribution is -1.96. The first kappa shape index (κ1) is 55.9. The Morgan fingerprint density at radius 2 is 0.490 bits per heavy atom. The molecule has 0 spiro atoms. The van der Waals surface area contributed by atoms with Crippen molar-refractivity contribution in [2.75, 3.05) is 0 Å². The van der Waals surface area contributed by atoms with E-state index in [0.717, 1.165) is 38.7 Å². The van der Waals surface area contributed by atoms with Gasteiger partial charge in [0.05, 0.1) is 45.5 Å². The molecule has 21 aromatic rings. The first-order valence-electron chi connectivity index (χ1n) is 34.9. The van der Waals surface area contributed by atoms with Gasteiger partial charge in [-0.2, -0.15) is 0 Å². The van der Waals surface area contributed by atoms with Crippen LogP contribution < -0.4 is 0 Å². The van der Waals surface area contributed by atoms with E-state index in [9.17, 15) is 0 Å². The van der Waals surface area contributed by atoms with Crippen molar-refractivity contribution >= 4 is 120 Å². The van der Waals surface area contributed by atoms with E-state index in [-0.39, 0.29) is 0 Å². The van der Waals surface area contributed by atoms with Crippen molar-refractivity contribution in [2.24, 2.45) is 0 Å². The molecular weight excluding hydrogens is 1210 g/mol. The van der Waals surface area contributed by atoms with E-state index in [0.29, 0.717) is 6.04 Å². The van der Waals surface area contributed by atoms with Crippen molar-refractivity contribution in [2.45, 2.75) is 0 Å². The second kappa shape index (κ2) is 23.2. The molecule has 0 saturated carbocycles. The molecule has 0 saturated heterocycles. The Morgan fingerprint density at radius 1 is 0.160 bits per heavy atom. The average molecular weight is 1270 g/mol. The lowest BCUT2D eigenvalue weighted by molar-refractivity contribution is 1.18. The lowest BCUT2D eigenvalue weighted by atomic mass is 9.94. The maximum atomic E-state index is 8.57. The van der Waals surface area contributed by atoms with Gasteiger partial charge in [0, 0.05) is 77.0 Å². The van der Waals surface area contributed by atoms with Gasteiger partial charge >= 0.3 is 0 Å². The zero-order valence-corrected chi connectivity index (χ0v) is 54.5. The van der Waals surface area contributed by atoms with Crippen LogP contribution in [0.5, 0.6) is 0 Å². The van der Waals surface area contributed by atoms with Crippen LogP contribution in [0.4, 0.5) is 0 Å². The number of para-hydroxylation sites is 7. The van der Waals surface area contributed by atoms with Gasteiger partial charge in [-0.15, -0.1) is 0 Å². The van der Waals surface area contributed by atoms with Crippen LogP contribution in [0.3, 0.4) is 0 Å². The van der Waals surface area contributed by atoms with Crippen molar-refractivity contribution in [3.05, 3.63) is 376 Å². The number of rotatable bonds is 8. The fourth-order valence-corrected chi connectivity index (χ4v) is 16.3. The van der Waals surface area contributed by atoms with Crippen molar-refractivity contribution < 1.29 is 1.37 Å². The van der Waals surface area contributed by atoms with Crippen LogP contribution in [0.15, 0.2) is 376 Å². The Hall–Kier alpha value is -13.3. The Kier molecular flexibility index (Phi) is 13.0. The van der Waals surface area contributed by atoms with Crippen molar-refractivity contribution in [1.29, 1.82) is 0 Å². The van der Waals surface area contributed by atoms with Crippen molar-refractivity contribution in [1.82, 2.24) is 18.3 Å². The molecule has 466 valence electrons. The maximum Gasteiger partial charge on any atom is 0.0623 e. The van der Waals surface area contributed by atoms with Crippen LogP contribution in [0.1, 0.15) is 1.37 Å². The SMILES string of the molecule is [2H]c1ccc2c(c1)c1cc(-c3cccc4c5ccccc5n(-c5cccc(-c6ccccc6)c5)c34)ccc1n2-c1ccc(-c2ccccc2)cc1.c1ccc(-n2c3ccccc3c3cccc(-c4ccc5c(c4)c4ccccc4n5-c4ccc5c6ccccc6c6ccccc6c5c4)c32)cc1. The van der Waals surface area contributed by atoms with Gasteiger partial charge in [0.15, 0.2) is 0 Å². The van der Waals surface area contributed by atoms with Crippen LogP contribution in [0.25, 0.3) is 187 Å². The first-order valence-corrected chi connectivity index (χ1v) is 34.4. The summed E-state index contributed by atoms with van der Waals surface area (Å²) in [7, 11) is 0. The first-order chi connectivity index (χ1) is 50.0. The highest BCUT2D eigenvalue weighted by atomic mass is 15.0. The standard InChI is InChI=1S/C48H30N2.C48H32N2/c1-2-13-32(14-3-1)50-46-24-11-8-19-40(46)42-22-12-21-34(48(42)50)31-25-28-47-44(29-31)41-20-9-10-23-45(41)49(47)33-26-27-39-37-17-5-4-15-35(37)36-16-6-7-18-38(36)43(39)30-33;1-3-13-33(14-4-1)35-25-28-38(29-26-35)49-45-23-9-8-20-42(45)44-32-37(27-30-47(44)49)40-21-12-22-43-41-19-7-10-24-46(41)50(48(40)43)39-18-11-17-36(31-39)34-15-5-2-6-16-34/h1-30H;1-32H/i;8D. The average Bonchev–Trinajstić information content (AvgIpc) is 1.67. The van der Waals surface area contributed by atoms with Gasteiger partial charge in [0.1, 0.15) is 0 Å². The van der Waals surface area contributed by atoms with Gasteiger partial charge in [-0.3, -0.25) is 0 Å². The summed E-state index contributed by atoms with van der Waals surface area (Å²) >= 11 is 0. The summed E-state index contributed by atoms with van der Waals surface area (Å²) in [5.74, 6) is 0. The molecule has 4 heteroatoms. The Balaban J connectivity index is 0.000000136. The molecule has 100 heavy (non-hydrogen) atoms. The number of benzene rings is 17. The number of aromatic nitrogens is 4. The van der Waals surface area contributed by atoms with E-state index in [1.165, 1.54) is 148 Å². The largest absolute Gasteiger partial charge is 0.309 e. The summed E-state index contributed by atoms with van der Waals surface area (Å²) in [6.07, 6.45) is 0. The molecule has 0 aliphatic carbocycles. The van der Waals surface area contributed by atoms with Crippen molar-refractivity contribution in [3.8, 4) is 67.3 Å². The zero-order valence-electron chi connectivity index (χ0n) is 55.5. The molecule has 4 heterocycles. The highest BCUT2D eigenvalue weighted by Gasteiger charge is 2.22. The van der Waals surface area contributed by atoms with Crippen LogP contribution in [-0.4, -0.2) is 18.3 Å². The fourth-order valence-electron chi connectivity index (χ4n) is 16.3. The highest BCUT2D eigenvalue weighted by Crippen LogP contribution is 2.45. The van der Waals surface area contributed by atoms with E-state index in [1.807, 2.05) is 18.2 Å². The molecule has 0 fully saturated rings. The van der Waals surface area contributed by atoms with Gasteiger partial charge in [-0.05, 0) is 163 Å². The molecule has 17 aromatic carbocycles. The van der Waals surface area contributed by atoms with Gasteiger partial charge < -0.3 is 18.3 Å². The Bertz CT molecular complexity index is 6840. The fraction of sp³-hybridized carbons (Fsp3) is 0. The summed E-state index contributed by atoms with van der Waals surface area (Å²) in [5.41, 5.74) is 23.5. The summed E-state index contributed by atoms with van der Waals surface area (Å²) in [6, 6.07) is 134. The summed E-state index contributed by atoms with van der Waals surface area (Å²) < 4.78 is 18.2. The third-order valence-corrected chi connectivity index (χ3v) is 20.7. The maximum absolute atomic E-state index is 8.57. The topological polar surface area (TPSA) is 19.7 Å². The quantitative estimate of drug-likeness (QED) is 0.135. The third-order valence-electron chi connectivity index (χ3n) is 20.7. The molecule has 0 atom stereocenters. The van der Waals surface area contributed by atoms with Crippen LogP contribution >= 0.6 is 0 Å². The van der Waals surface area contributed by atoms with Crippen molar-refractivity contribution in [3.63, 3.8) is 0 Å². The van der Waals surface area contributed by atoms with Gasteiger partial charge in [-0.25, -0.2) is 0 Å². The van der Waals surface area contributed by atoms with Crippen LogP contribution in [-0.2, 0) is 0 Å². The molecule has 4 nitrogen and oxygen atoms in total. The van der Waals surface area contributed by atoms with E-state index < -0.39 is 0 Å². The smallest absolute Gasteiger partial charge is 0.0623 e. The van der Waals surface area contributed by atoms with E-state index in [4.69, 9.17) is 1.37 Å². The second-order valence-electron chi connectivity index (χ2n) is 26.2. The third kappa shape index (κ3) is 9.08. The lowest BCUT2D eigenvalue weighted by Gasteiger charge is -2.14. The number of hydrogen-bond donors (Lipinski definition) is 0. The predicted octanol–water partition coefficient (Wildman–Crippen LogP) is 25.9. The summed E-state index contributed by atoms with van der Waals surface area (Å²) in [5, 5.41) is 17.4. The molecule has 0 amide bonds. The minimum atomic E-state index is 0.506. The molecular formula is C96H62N4. The van der Waals surface area contributed by atoms with E-state index in [2.05, 4.69) is 370 Å². The number of nitrogens with zero attached hydrogens (tertiary/aromatic N) is 4. The predicted molar refractivity (Wildman–Crippen MR) is 425 cm³/mol. The molecule has 0 radical (unpaired) electrons. The minimum absolute atomic E-state index is 0.506. The molecule has 4 aromatic heterocycles. The minimum Gasteiger partial charge on any atom is -0.309 e. The molecule has 0 unspecified atom stereocenters. The zero-order chi connectivity index (χ0) is 66.7. The van der Waals surface area contributed by atoms with Crippen LogP contribution in [0.2, 0.25) is 0 Å². The number of hydrogen-bond acceptors (Lipinski definition) is 0. The van der Waals surface area contributed by atoms with Gasteiger partial charge in [0.2, 0.25) is 0 Å². The number of fused-ring (bicyclic) bond motifs is 18. The molecule has 21 rings (SSSR count). The van der Waals surface area contributed by atoms with Crippen LogP contribution in [0, 0.1) is 0 Å². The highest BCUT2D eigenvalue weighted by molar-refractivity contribution is 6.26. The molecule has 0 aliphatic rings. The molecule has 0 bridgehead atoms. The Morgan fingerprint density at radius 3 is 1.05 bits per heavy atom. The summed E-state index contributed by atoms with van der Waals surface area (Å²) in [4.78, 5) is 0. The Labute approximate surface area is 579 Å². The van der Waals surface area contributed by atoms with E-state index >= 15 is 0 Å². The summed E-state index contributed by atoms with van der Waals surface area (Å²) in [6.45, 7) is 0. The molecule has 0 N–H and O–H groups in total.